The van der Waals surface area contributed by atoms with Gasteiger partial charge in [-0.25, -0.2) is 4.79 Å². The maximum absolute atomic E-state index is 12.4. The lowest BCUT2D eigenvalue weighted by atomic mass is 10.1. The zero-order valence-corrected chi connectivity index (χ0v) is 20.6. The van der Waals surface area contributed by atoms with Crippen molar-refractivity contribution < 1.29 is 37.0 Å². The van der Waals surface area contributed by atoms with E-state index < -0.39 is 18.6 Å². The number of esters is 2. The van der Waals surface area contributed by atoms with Gasteiger partial charge in [0.05, 0.1) is 18.8 Å². The summed E-state index contributed by atoms with van der Waals surface area (Å²) in [4.78, 5) is 24.4. The van der Waals surface area contributed by atoms with Crippen molar-refractivity contribution in [3.8, 4) is 11.5 Å². The first-order chi connectivity index (χ1) is 18.1. The van der Waals surface area contributed by atoms with Gasteiger partial charge in [-0.05, 0) is 72.5 Å². The molecule has 0 aliphatic heterocycles. The van der Waals surface area contributed by atoms with E-state index in [0.29, 0.717) is 35.7 Å². The molecule has 0 saturated carbocycles. The van der Waals surface area contributed by atoms with E-state index in [1.165, 1.54) is 24.3 Å². The third-order valence-electron chi connectivity index (χ3n) is 5.52. The third-order valence-corrected chi connectivity index (χ3v) is 5.52. The number of carbonyl (C=O) groups excluding carboxylic acids is 2. The molecule has 0 radical (unpaired) electrons. The smallest absolute Gasteiger partial charge is 0.389 e. The SMILES string of the molecule is Nc1ccc(CCOC(=O)CCc2ccc(OC(=O)c3ccc(OCCCC(F)(F)F)cc3)cc2)c(N)c1. The number of benzene rings is 3. The Morgan fingerprint density at radius 3 is 2.16 bits per heavy atom. The molecule has 4 N–H and O–H groups in total. The molecule has 0 unspecified atom stereocenters. The molecule has 0 bridgehead atoms. The van der Waals surface area contributed by atoms with Gasteiger partial charge in [0.15, 0.2) is 0 Å². The Kier molecular flexibility index (Phi) is 9.98. The Bertz CT molecular complexity index is 1210. The van der Waals surface area contributed by atoms with Crippen LogP contribution >= 0.6 is 0 Å². The molecule has 3 aromatic carbocycles. The van der Waals surface area contributed by atoms with Gasteiger partial charge in [-0.2, -0.15) is 13.2 Å². The molecule has 0 fully saturated rings. The van der Waals surface area contributed by atoms with Gasteiger partial charge in [-0.15, -0.1) is 0 Å². The number of carbonyl (C=O) groups is 2. The normalized spacial score (nSPS) is 11.1. The number of aryl methyl sites for hydroxylation is 1. The zero-order valence-electron chi connectivity index (χ0n) is 20.6. The number of hydrogen-bond donors (Lipinski definition) is 2. The van der Waals surface area contributed by atoms with E-state index in [-0.39, 0.29) is 37.6 Å². The third kappa shape index (κ3) is 9.68. The minimum Gasteiger partial charge on any atom is -0.494 e. The molecule has 0 spiro atoms. The summed E-state index contributed by atoms with van der Waals surface area (Å²) in [6.07, 6.45) is -4.12. The molecule has 7 nitrogen and oxygen atoms in total. The summed E-state index contributed by atoms with van der Waals surface area (Å²) in [5, 5.41) is 0. The molecule has 202 valence electrons. The molecule has 3 rings (SSSR count). The number of ether oxygens (including phenoxy) is 3. The molecule has 0 atom stereocenters. The van der Waals surface area contributed by atoms with Crippen molar-refractivity contribution in [1.82, 2.24) is 0 Å². The second-order valence-electron chi connectivity index (χ2n) is 8.55. The monoisotopic (exact) mass is 530 g/mol. The average Bonchev–Trinajstić information content (AvgIpc) is 2.87. The first-order valence-corrected chi connectivity index (χ1v) is 12.0. The summed E-state index contributed by atoms with van der Waals surface area (Å²) >= 11 is 0. The van der Waals surface area contributed by atoms with E-state index in [1.54, 1.807) is 36.4 Å². The van der Waals surface area contributed by atoms with Crippen LogP contribution in [0.2, 0.25) is 0 Å². The molecular weight excluding hydrogens is 501 g/mol. The molecule has 0 heterocycles. The predicted molar refractivity (Wildman–Crippen MR) is 137 cm³/mol. The van der Waals surface area contributed by atoms with Crippen molar-refractivity contribution in [1.29, 1.82) is 0 Å². The fraction of sp³-hybridized carbons (Fsp3) is 0.286. The molecule has 0 aromatic heterocycles. The quantitative estimate of drug-likeness (QED) is 0.137. The van der Waals surface area contributed by atoms with E-state index in [0.717, 1.165) is 11.1 Å². The molecule has 0 amide bonds. The van der Waals surface area contributed by atoms with Gasteiger partial charge in [0.2, 0.25) is 0 Å². The Hall–Kier alpha value is -4.21. The number of nitrogen functional groups attached to an aromatic ring is 2. The number of anilines is 2. The maximum Gasteiger partial charge on any atom is 0.389 e. The van der Waals surface area contributed by atoms with Crippen molar-refractivity contribution in [2.45, 2.75) is 38.3 Å². The van der Waals surface area contributed by atoms with Crippen molar-refractivity contribution in [3.63, 3.8) is 0 Å². The van der Waals surface area contributed by atoms with Crippen LogP contribution in [0.5, 0.6) is 11.5 Å². The fourth-order valence-electron chi connectivity index (χ4n) is 3.47. The Balaban J connectivity index is 1.38. The topological polar surface area (TPSA) is 114 Å². The van der Waals surface area contributed by atoms with E-state index >= 15 is 0 Å². The van der Waals surface area contributed by atoms with Gasteiger partial charge in [0.1, 0.15) is 11.5 Å². The molecule has 10 heteroatoms. The number of rotatable bonds is 12. The zero-order chi connectivity index (χ0) is 27.5. The minimum atomic E-state index is -4.21. The maximum atomic E-state index is 12.4. The predicted octanol–water partition coefficient (Wildman–Crippen LogP) is 5.51. The van der Waals surface area contributed by atoms with Crippen molar-refractivity contribution in [2.24, 2.45) is 0 Å². The summed E-state index contributed by atoms with van der Waals surface area (Å²) in [6, 6.07) is 17.9. The van der Waals surface area contributed by atoms with Crippen molar-refractivity contribution >= 4 is 23.3 Å². The number of alkyl halides is 3. The highest BCUT2D eigenvalue weighted by Crippen LogP contribution is 2.22. The van der Waals surface area contributed by atoms with Crippen molar-refractivity contribution in [2.75, 3.05) is 24.7 Å². The van der Waals surface area contributed by atoms with Gasteiger partial charge in [-0.3, -0.25) is 4.79 Å². The first-order valence-electron chi connectivity index (χ1n) is 12.0. The molecular formula is C28H29F3N2O5. The lowest BCUT2D eigenvalue weighted by molar-refractivity contribution is -0.143. The van der Waals surface area contributed by atoms with Crippen LogP contribution in [0, 0.1) is 0 Å². The number of hydrogen-bond acceptors (Lipinski definition) is 7. The summed E-state index contributed by atoms with van der Waals surface area (Å²) in [5.74, 6) is -0.232. The highest BCUT2D eigenvalue weighted by atomic mass is 19.4. The number of nitrogens with two attached hydrogens (primary N) is 2. The molecule has 0 aliphatic carbocycles. The lowest BCUT2D eigenvalue weighted by Crippen LogP contribution is -2.10. The summed E-state index contributed by atoms with van der Waals surface area (Å²) in [6.45, 7) is 0.138. The standard InChI is InChI=1S/C28H29F3N2O5/c29-28(30,31)15-1-16-36-23-11-6-21(7-12-23)27(35)38-24-9-2-19(3-10-24)4-13-26(34)37-17-14-20-5-8-22(32)18-25(20)33/h2-3,5-12,18H,1,4,13-17,32-33H2. The van der Waals surface area contributed by atoms with Gasteiger partial charge in [0.25, 0.3) is 0 Å². The van der Waals surface area contributed by atoms with E-state index in [2.05, 4.69) is 0 Å². The second-order valence-corrected chi connectivity index (χ2v) is 8.55. The van der Waals surface area contributed by atoms with Gasteiger partial charge in [0, 0.05) is 30.6 Å². The number of halogens is 3. The van der Waals surface area contributed by atoms with Crippen molar-refractivity contribution in [3.05, 3.63) is 83.4 Å². The van der Waals surface area contributed by atoms with E-state index in [1.807, 2.05) is 6.07 Å². The largest absolute Gasteiger partial charge is 0.494 e. The molecule has 0 aliphatic rings. The van der Waals surface area contributed by atoms with Gasteiger partial charge < -0.3 is 25.7 Å². The van der Waals surface area contributed by atoms with Crippen LogP contribution in [0.1, 0.15) is 40.7 Å². The highest BCUT2D eigenvalue weighted by molar-refractivity contribution is 5.91. The van der Waals surface area contributed by atoms with Crippen LogP contribution < -0.4 is 20.9 Å². The summed E-state index contributed by atoms with van der Waals surface area (Å²) in [7, 11) is 0. The second kappa shape index (κ2) is 13.4. The molecule has 3 aromatic rings. The fourth-order valence-corrected chi connectivity index (χ4v) is 3.47. The highest BCUT2D eigenvalue weighted by Gasteiger charge is 2.26. The summed E-state index contributed by atoms with van der Waals surface area (Å²) in [5.41, 5.74) is 14.7. The van der Waals surface area contributed by atoms with E-state index in [4.69, 9.17) is 25.7 Å². The van der Waals surface area contributed by atoms with Crippen LogP contribution in [-0.2, 0) is 22.4 Å². The van der Waals surface area contributed by atoms with E-state index in [9.17, 15) is 22.8 Å². The van der Waals surface area contributed by atoms with Crippen LogP contribution in [-0.4, -0.2) is 31.3 Å². The molecule has 0 saturated heterocycles. The van der Waals surface area contributed by atoms with Crippen LogP contribution in [0.3, 0.4) is 0 Å². The Labute approximate surface area is 218 Å². The summed E-state index contributed by atoms with van der Waals surface area (Å²) < 4.78 is 52.4. The lowest BCUT2D eigenvalue weighted by Gasteiger charge is -2.09. The van der Waals surface area contributed by atoms with Crippen LogP contribution in [0.25, 0.3) is 0 Å². The Morgan fingerprint density at radius 1 is 0.816 bits per heavy atom. The molecule has 38 heavy (non-hydrogen) atoms. The average molecular weight is 531 g/mol. The van der Waals surface area contributed by atoms with Gasteiger partial charge in [-0.1, -0.05) is 18.2 Å². The van der Waals surface area contributed by atoms with Crippen LogP contribution in [0.4, 0.5) is 24.5 Å². The first kappa shape index (κ1) is 28.4. The van der Waals surface area contributed by atoms with Crippen LogP contribution in [0.15, 0.2) is 66.7 Å². The Morgan fingerprint density at radius 2 is 1.50 bits per heavy atom. The van der Waals surface area contributed by atoms with Gasteiger partial charge >= 0.3 is 18.1 Å². The minimum absolute atomic E-state index is 0.0773.